The standard InChI is InChI=1S/C21H25N3O2/c25-18-11-19(22-13-18)21(26)23-12-15-5-7-16(8-6-15)14-24-10-9-17-3-1-2-4-20(17)24/h1-8,18-19,22,25H,9-14H2,(H,23,26)/t18-,19-/m1/s1. The summed E-state index contributed by atoms with van der Waals surface area (Å²) in [5.41, 5.74) is 5.13. The van der Waals surface area contributed by atoms with Crippen LogP contribution in [0, 0.1) is 0 Å². The van der Waals surface area contributed by atoms with Crippen LogP contribution in [0.25, 0.3) is 0 Å². The maximum absolute atomic E-state index is 12.1. The number of rotatable bonds is 5. The molecule has 2 aliphatic heterocycles. The second kappa shape index (κ2) is 7.48. The van der Waals surface area contributed by atoms with Crippen molar-refractivity contribution in [3.8, 4) is 0 Å². The zero-order valence-corrected chi connectivity index (χ0v) is 14.8. The molecule has 0 aromatic heterocycles. The van der Waals surface area contributed by atoms with Crippen molar-refractivity contribution in [1.82, 2.24) is 10.6 Å². The Bertz CT molecular complexity index is 775. The number of aliphatic hydroxyl groups excluding tert-OH is 1. The van der Waals surface area contributed by atoms with Gasteiger partial charge < -0.3 is 20.6 Å². The molecule has 4 rings (SSSR count). The summed E-state index contributed by atoms with van der Waals surface area (Å²) in [7, 11) is 0. The van der Waals surface area contributed by atoms with Gasteiger partial charge in [0.1, 0.15) is 0 Å². The zero-order valence-electron chi connectivity index (χ0n) is 14.8. The van der Waals surface area contributed by atoms with Crippen LogP contribution in [-0.2, 0) is 24.3 Å². The predicted octanol–water partition coefficient (Wildman–Crippen LogP) is 1.59. The van der Waals surface area contributed by atoms with E-state index in [0.717, 1.165) is 25.1 Å². The van der Waals surface area contributed by atoms with E-state index in [1.165, 1.54) is 16.8 Å². The number of para-hydroxylation sites is 1. The van der Waals surface area contributed by atoms with E-state index >= 15 is 0 Å². The van der Waals surface area contributed by atoms with Crippen LogP contribution < -0.4 is 15.5 Å². The van der Waals surface area contributed by atoms with E-state index in [0.29, 0.717) is 19.5 Å². The lowest BCUT2D eigenvalue weighted by Gasteiger charge is -2.19. The molecule has 2 atom stereocenters. The fourth-order valence-electron chi connectivity index (χ4n) is 3.78. The minimum Gasteiger partial charge on any atom is -0.392 e. The summed E-state index contributed by atoms with van der Waals surface area (Å²) in [6.45, 7) is 2.98. The molecule has 0 spiro atoms. The quantitative estimate of drug-likeness (QED) is 0.765. The number of benzene rings is 2. The van der Waals surface area contributed by atoms with Gasteiger partial charge in [0.2, 0.25) is 5.91 Å². The second-order valence-electron chi connectivity index (χ2n) is 7.18. The van der Waals surface area contributed by atoms with Crippen molar-refractivity contribution in [2.75, 3.05) is 18.0 Å². The van der Waals surface area contributed by atoms with E-state index in [1.807, 2.05) is 0 Å². The summed E-state index contributed by atoms with van der Waals surface area (Å²) in [5.74, 6) is -0.0423. The Morgan fingerprint density at radius 1 is 1.15 bits per heavy atom. The van der Waals surface area contributed by atoms with Crippen LogP contribution in [0.5, 0.6) is 0 Å². The second-order valence-corrected chi connectivity index (χ2v) is 7.18. The van der Waals surface area contributed by atoms with E-state index in [4.69, 9.17) is 0 Å². The maximum atomic E-state index is 12.1. The first-order chi connectivity index (χ1) is 12.7. The number of nitrogens with zero attached hydrogens (tertiary/aromatic N) is 1. The first-order valence-corrected chi connectivity index (χ1v) is 9.29. The van der Waals surface area contributed by atoms with Crippen molar-refractivity contribution in [2.45, 2.75) is 38.1 Å². The zero-order chi connectivity index (χ0) is 17.9. The molecular weight excluding hydrogens is 326 g/mol. The van der Waals surface area contributed by atoms with Gasteiger partial charge in [0.05, 0.1) is 12.1 Å². The van der Waals surface area contributed by atoms with Crippen LogP contribution in [0.3, 0.4) is 0 Å². The molecule has 0 aliphatic carbocycles. The van der Waals surface area contributed by atoms with Crippen molar-refractivity contribution < 1.29 is 9.90 Å². The average molecular weight is 351 g/mol. The first kappa shape index (κ1) is 17.1. The molecule has 5 nitrogen and oxygen atoms in total. The Kier molecular flexibility index (Phi) is 4.91. The molecule has 1 saturated heterocycles. The number of amides is 1. The molecule has 1 fully saturated rings. The summed E-state index contributed by atoms with van der Waals surface area (Å²) >= 11 is 0. The van der Waals surface area contributed by atoms with Crippen molar-refractivity contribution in [3.63, 3.8) is 0 Å². The maximum Gasteiger partial charge on any atom is 0.237 e. The topological polar surface area (TPSA) is 64.6 Å². The molecule has 0 saturated carbocycles. The molecule has 0 unspecified atom stereocenters. The number of anilines is 1. The van der Waals surface area contributed by atoms with Crippen molar-refractivity contribution in [3.05, 3.63) is 65.2 Å². The number of hydrogen-bond donors (Lipinski definition) is 3. The highest BCUT2D eigenvalue weighted by Crippen LogP contribution is 2.28. The smallest absolute Gasteiger partial charge is 0.237 e. The van der Waals surface area contributed by atoms with Gasteiger partial charge in [0, 0.05) is 31.9 Å². The SMILES string of the molecule is O=C(NCc1ccc(CN2CCc3ccccc32)cc1)[C@H]1C[C@@H](O)CN1. The summed E-state index contributed by atoms with van der Waals surface area (Å²) in [6, 6.07) is 16.8. The van der Waals surface area contributed by atoms with Crippen LogP contribution in [0.15, 0.2) is 48.5 Å². The number of aliphatic hydroxyl groups is 1. The van der Waals surface area contributed by atoms with Gasteiger partial charge in [-0.05, 0) is 35.6 Å². The number of hydrogen-bond acceptors (Lipinski definition) is 4. The molecule has 136 valence electrons. The number of nitrogens with one attached hydrogen (secondary N) is 2. The molecule has 3 N–H and O–H groups in total. The summed E-state index contributed by atoms with van der Waals surface area (Å²) in [4.78, 5) is 14.5. The predicted molar refractivity (Wildman–Crippen MR) is 102 cm³/mol. The van der Waals surface area contributed by atoms with E-state index in [1.54, 1.807) is 0 Å². The highest BCUT2D eigenvalue weighted by atomic mass is 16.3. The Hall–Kier alpha value is -2.37. The highest BCUT2D eigenvalue weighted by Gasteiger charge is 2.27. The van der Waals surface area contributed by atoms with E-state index in [-0.39, 0.29) is 11.9 Å². The average Bonchev–Trinajstić information content (AvgIpc) is 3.28. The Balaban J connectivity index is 1.31. The molecule has 2 aromatic rings. The van der Waals surface area contributed by atoms with Crippen LogP contribution in [0.2, 0.25) is 0 Å². The molecule has 2 aliphatic rings. The van der Waals surface area contributed by atoms with Gasteiger partial charge in [-0.15, -0.1) is 0 Å². The van der Waals surface area contributed by atoms with Crippen molar-refractivity contribution >= 4 is 11.6 Å². The summed E-state index contributed by atoms with van der Waals surface area (Å²) in [5, 5.41) is 15.5. The fraction of sp³-hybridized carbons (Fsp3) is 0.381. The Labute approximate surface area is 154 Å². The molecule has 0 radical (unpaired) electrons. The largest absolute Gasteiger partial charge is 0.392 e. The monoisotopic (exact) mass is 351 g/mol. The first-order valence-electron chi connectivity index (χ1n) is 9.29. The Morgan fingerprint density at radius 2 is 1.92 bits per heavy atom. The highest BCUT2D eigenvalue weighted by molar-refractivity contribution is 5.82. The van der Waals surface area contributed by atoms with Crippen LogP contribution in [0.4, 0.5) is 5.69 Å². The third-order valence-corrected chi connectivity index (χ3v) is 5.27. The number of carbonyl (C=O) groups excluding carboxylic acids is 1. The Morgan fingerprint density at radius 3 is 2.69 bits per heavy atom. The van der Waals surface area contributed by atoms with Gasteiger partial charge in [-0.3, -0.25) is 4.79 Å². The van der Waals surface area contributed by atoms with Crippen molar-refractivity contribution in [1.29, 1.82) is 0 Å². The number of fused-ring (bicyclic) bond motifs is 1. The van der Waals surface area contributed by atoms with Gasteiger partial charge in [-0.1, -0.05) is 42.5 Å². The van der Waals surface area contributed by atoms with Gasteiger partial charge >= 0.3 is 0 Å². The molecule has 5 heteroatoms. The minimum absolute atomic E-state index is 0.0423. The lowest BCUT2D eigenvalue weighted by Crippen LogP contribution is -2.40. The summed E-state index contributed by atoms with van der Waals surface area (Å²) < 4.78 is 0. The fourth-order valence-corrected chi connectivity index (χ4v) is 3.78. The third-order valence-electron chi connectivity index (χ3n) is 5.27. The van der Waals surface area contributed by atoms with Gasteiger partial charge in [-0.2, -0.15) is 0 Å². The minimum atomic E-state index is -0.416. The number of carbonyl (C=O) groups is 1. The third kappa shape index (κ3) is 3.74. The number of β-amino-alcohol motifs (C(OH)–C–C–N with tert-alkyl or cyclic N) is 1. The molecular formula is C21H25N3O2. The molecule has 2 aromatic carbocycles. The molecule has 0 bridgehead atoms. The normalized spacial score (nSPS) is 21.7. The van der Waals surface area contributed by atoms with Crippen LogP contribution >= 0.6 is 0 Å². The van der Waals surface area contributed by atoms with Crippen LogP contribution in [0.1, 0.15) is 23.1 Å². The van der Waals surface area contributed by atoms with E-state index in [9.17, 15) is 9.90 Å². The lowest BCUT2D eigenvalue weighted by atomic mass is 10.1. The van der Waals surface area contributed by atoms with E-state index < -0.39 is 6.10 Å². The van der Waals surface area contributed by atoms with Gasteiger partial charge in [0.25, 0.3) is 0 Å². The summed E-state index contributed by atoms with van der Waals surface area (Å²) in [6.07, 6.45) is 1.19. The molecule has 1 amide bonds. The van der Waals surface area contributed by atoms with Gasteiger partial charge in [0.15, 0.2) is 0 Å². The molecule has 26 heavy (non-hydrogen) atoms. The van der Waals surface area contributed by atoms with Crippen molar-refractivity contribution in [2.24, 2.45) is 0 Å². The van der Waals surface area contributed by atoms with Crippen LogP contribution in [-0.4, -0.2) is 36.2 Å². The van der Waals surface area contributed by atoms with E-state index in [2.05, 4.69) is 64.1 Å². The lowest BCUT2D eigenvalue weighted by molar-refractivity contribution is -0.123. The van der Waals surface area contributed by atoms with Gasteiger partial charge in [-0.25, -0.2) is 0 Å². The molecule has 2 heterocycles.